The van der Waals surface area contributed by atoms with Crippen molar-refractivity contribution in [3.05, 3.63) is 80.2 Å². The third-order valence-electron chi connectivity index (χ3n) is 4.21. The van der Waals surface area contributed by atoms with E-state index in [-0.39, 0.29) is 61.5 Å². The van der Waals surface area contributed by atoms with Crippen molar-refractivity contribution in [2.24, 2.45) is 0 Å². The monoisotopic (exact) mass is 522 g/mol. The molecule has 0 radical (unpaired) electrons. The normalized spacial score (nSPS) is 10.4. The molecule has 33 heavy (non-hydrogen) atoms. The van der Waals surface area contributed by atoms with Gasteiger partial charge in [0.1, 0.15) is 5.75 Å². The van der Waals surface area contributed by atoms with Crippen LogP contribution in [0.1, 0.15) is 16.7 Å². The maximum absolute atomic E-state index is 15.1. The SMILES string of the molecule is CSc1cc(C(=N)OC(=N)Cc2ccc(Cl)c(Oc3cc(Cl)cc(C#N)c3)c2F)c(Cl)cn1. The third kappa shape index (κ3) is 6.15. The van der Waals surface area contributed by atoms with Crippen LogP contribution in [0.4, 0.5) is 4.39 Å². The van der Waals surface area contributed by atoms with Gasteiger partial charge in [-0.05, 0) is 36.6 Å². The molecule has 0 fully saturated rings. The van der Waals surface area contributed by atoms with Crippen molar-refractivity contribution in [2.75, 3.05) is 6.26 Å². The van der Waals surface area contributed by atoms with E-state index in [2.05, 4.69) is 4.98 Å². The molecular formula is C22H14Cl3FN4O2S. The fraction of sp³-hybridized carbons (Fsp3) is 0.0909. The Labute approximate surface area is 208 Å². The second-order valence-corrected chi connectivity index (χ2v) is 8.55. The van der Waals surface area contributed by atoms with E-state index in [1.807, 2.05) is 12.3 Å². The lowest BCUT2D eigenvalue weighted by atomic mass is 10.1. The van der Waals surface area contributed by atoms with Crippen molar-refractivity contribution in [3.63, 3.8) is 0 Å². The quantitative estimate of drug-likeness (QED) is 0.203. The molecule has 2 N–H and O–H groups in total. The lowest BCUT2D eigenvalue weighted by Gasteiger charge is -2.14. The Morgan fingerprint density at radius 2 is 1.91 bits per heavy atom. The second-order valence-electron chi connectivity index (χ2n) is 6.48. The largest absolute Gasteiger partial charge is 0.453 e. The molecule has 3 rings (SSSR count). The molecule has 168 valence electrons. The Morgan fingerprint density at radius 1 is 1.15 bits per heavy atom. The number of benzene rings is 2. The zero-order chi connectivity index (χ0) is 24.1. The molecule has 0 unspecified atom stereocenters. The maximum atomic E-state index is 15.1. The molecule has 0 bridgehead atoms. The molecule has 2 aromatic carbocycles. The topological polar surface area (TPSA) is 103 Å². The van der Waals surface area contributed by atoms with Crippen LogP contribution in [0.3, 0.4) is 0 Å². The van der Waals surface area contributed by atoms with Crippen molar-refractivity contribution >= 4 is 58.4 Å². The van der Waals surface area contributed by atoms with Gasteiger partial charge in [-0.2, -0.15) is 5.26 Å². The predicted octanol–water partition coefficient (Wildman–Crippen LogP) is 7.13. The van der Waals surface area contributed by atoms with Gasteiger partial charge in [0, 0.05) is 16.8 Å². The number of thioether (sulfide) groups is 1. The van der Waals surface area contributed by atoms with Crippen molar-refractivity contribution in [2.45, 2.75) is 11.4 Å². The lowest BCUT2D eigenvalue weighted by molar-refractivity contribution is 0.438. The van der Waals surface area contributed by atoms with Crippen molar-refractivity contribution in [1.82, 2.24) is 4.98 Å². The Bertz CT molecular complexity index is 1300. The van der Waals surface area contributed by atoms with Gasteiger partial charge in [-0.15, -0.1) is 11.8 Å². The number of nitrogens with one attached hydrogen (secondary N) is 2. The fourth-order valence-corrected chi connectivity index (χ4v) is 3.69. The highest BCUT2D eigenvalue weighted by Crippen LogP contribution is 2.35. The summed E-state index contributed by atoms with van der Waals surface area (Å²) in [7, 11) is 0. The molecule has 0 atom stereocenters. The molecule has 1 heterocycles. The van der Waals surface area contributed by atoms with Crippen molar-refractivity contribution < 1.29 is 13.9 Å². The highest BCUT2D eigenvalue weighted by atomic mass is 35.5. The minimum atomic E-state index is -0.813. The summed E-state index contributed by atoms with van der Waals surface area (Å²) >= 11 is 19.5. The summed E-state index contributed by atoms with van der Waals surface area (Å²) in [5, 5.41) is 26.3. The van der Waals surface area contributed by atoms with E-state index in [0.717, 1.165) is 0 Å². The average Bonchev–Trinajstić information content (AvgIpc) is 2.78. The van der Waals surface area contributed by atoms with Crippen LogP contribution in [-0.4, -0.2) is 23.0 Å². The van der Waals surface area contributed by atoms with E-state index in [9.17, 15) is 0 Å². The molecule has 0 aliphatic rings. The van der Waals surface area contributed by atoms with E-state index in [1.54, 1.807) is 6.07 Å². The van der Waals surface area contributed by atoms with Gasteiger partial charge in [0.05, 0.1) is 38.7 Å². The fourth-order valence-electron chi connectivity index (χ4n) is 2.70. The predicted molar refractivity (Wildman–Crippen MR) is 128 cm³/mol. The van der Waals surface area contributed by atoms with E-state index in [1.165, 1.54) is 48.3 Å². The number of aromatic nitrogens is 1. The highest BCUT2D eigenvalue weighted by Gasteiger charge is 2.19. The molecule has 0 saturated carbocycles. The first kappa shape index (κ1) is 24.8. The van der Waals surface area contributed by atoms with Gasteiger partial charge in [-0.1, -0.05) is 40.9 Å². The van der Waals surface area contributed by atoms with Crippen LogP contribution in [0, 0.1) is 28.0 Å². The number of pyridine rings is 1. The van der Waals surface area contributed by atoms with Gasteiger partial charge < -0.3 is 9.47 Å². The van der Waals surface area contributed by atoms with Crippen molar-refractivity contribution in [1.29, 1.82) is 16.1 Å². The number of nitriles is 1. The Kier molecular flexibility index (Phi) is 8.16. The standard InChI is InChI=1S/C22H14Cl3FN4O2S/c1-33-19-8-15(17(25)10-30-19)22(29)32-18(28)6-12-2-3-16(24)21(20(12)26)31-14-5-11(9-27)4-13(23)7-14/h2-5,7-8,10,28-29H,6H2,1H3. The van der Waals surface area contributed by atoms with Crippen LogP contribution in [-0.2, 0) is 11.2 Å². The first-order valence-electron chi connectivity index (χ1n) is 9.11. The number of hydrogen-bond acceptors (Lipinski definition) is 7. The summed E-state index contributed by atoms with van der Waals surface area (Å²) in [4.78, 5) is 4.09. The molecule has 1 aromatic heterocycles. The minimum absolute atomic E-state index is 0.0110. The summed E-state index contributed by atoms with van der Waals surface area (Å²) in [6, 6.07) is 10.5. The van der Waals surface area contributed by atoms with E-state index in [0.29, 0.717) is 5.03 Å². The van der Waals surface area contributed by atoms with Gasteiger partial charge in [-0.3, -0.25) is 10.8 Å². The number of hydrogen-bond donors (Lipinski definition) is 2. The molecule has 0 saturated heterocycles. The zero-order valence-electron chi connectivity index (χ0n) is 16.9. The van der Waals surface area contributed by atoms with Gasteiger partial charge in [0.2, 0.25) is 5.90 Å². The summed E-state index contributed by atoms with van der Waals surface area (Å²) in [5.41, 5.74) is 0.550. The van der Waals surface area contributed by atoms with Gasteiger partial charge >= 0.3 is 0 Å². The van der Waals surface area contributed by atoms with Crippen molar-refractivity contribution in [3.8, 4) is 17.6 Å². The first-order valence-corrected chi connectivity index (χ1v) is 11.5. The Morgan fingerprint density at radius 3 is 2.61 bits per heavy atom. The van der Waals surface area contributed by atoms with Crippen LogP contribution in [0.2, 0.25) is 15.1 Å². The Balaban J connectivity index is 1.79. The molecule has 0 aliphatic carbocycles. The first-order chi connectivity index (χ1) is 15.7. The minimum Gasteiger partial charge on any atom is -0.453 e. The van der Waals surface area contributed by atoms with Crippen LogP contribution in [0.25, 0.3) is 0 Å². The average molecular weight is 524 g/mol. The third-order valence-corrected chi connectivity index (χ3v) is 5.67. The molecule has 3 aromatic rings. The van der Waals surface area contributed by atoms with Gasteiger partial charge in [0.15, 0.2) is 17.5 Å². The summed E-state index contributed by atoms with van der Waals surface area (Å²) in [6.45, 7) is 0. The molecule has 0 spiro atoms. The molecule has 6 nitrogen and oxygen atoms in total. The summed E-state index contributed by atoms with van der Waals surface area (Å²) < 4.78 is 26.0. The van der Waals surface area contributed by atoms with Crippen LogP contribution in [0.5, 0.6) is 11.5 Å². The van der Waals surface area contributed by atoms with Gasteiger partial charge in [-0.25, -0.2) is 9.37 Å². The van der Waals surface area contributed by atoms with Crippen LogP contribution >= 0.6 is 46.6 Å². The molecular weight excluding hydrogens is 510 g/mol. The summed E-state index contributed by atoms with van der Waals surface area (Å²) in [6.07, 6.45) is 2.93. The number of ether oxygens (including phenoxy) is 2. The highest BCUT2D eigenvalue weighted by molar-refractivity contribution is 7.98. The number of halogens is 4. The van der Waals surface area contributed by atoms with Crippen LogP contribution in [0.15, 0.2) is 47.6 Å². The van der Waals surface area contributed by atoms with E-state index in [4.69, 9.17) is 60.4 Å². The lowest BCUT2D eigenvalue weighted by Crippen LogP contribution is -2.15. The zero-order valence-corrected chi connectivity index (χ0v) is 20.0. The maximum Gasteiger partial charge on any atom is 0.222 e. The van der Waals surface area contributed by atoms with Crippen LogP contribution < -0.4 is 4.74 Å². The number of rotatable bonds is 6. The molecule has 0 amide bonds. The number of nitrogens with zero attached hydrogens (tertiary/aromatic N) is 2. The second kappa shape index (κ2) is 10.9. The van der Waals surface area contributed by atoms with E-state index >= 15 is 4.39 Å². The Hall–Kier alpha value is -2.83. The summed E-state index contributed by atoms with van der Waals surface area (Å²) in [5.74, 6) is -1.73. The molecule has 11 heteroatoms. The smallest absolute Gasteiger partial charge is 0.222 e. The molecule has 0 aliphatic heterocycles. The van der Waals surface area contributed by atoms with E-state index < -0.39 is 5.82 Å². The van der Waals surface area contributed by atoms with Gasteiger partial charge in [0.25, 0.3) is 0 Å².